The Kier molecular flexibility index (Phi) is 6.88. The van der Waals surface area contributed by atoms with Gasteiger partial charge in [-0.1, -0.05) is 23.7 Å². The van der Waals surface area contributed by atoms with E-state index >= 15 is 0 Å². The number of nitrogens with one attached hydrogen (secondary N) is 1. The summed E-state index contributed by atoms with van der Waals surface area (Å²) in [6.07, 6.45) is 0.0276. The molecule has 0 spiro atoms. The summed E-state index contributed by atoms with van der Waals surface area (Å²) in [7, 11) is -3.70. The molecule has 2 saturated heterocycles. The predicted octanol–water partition coefficient (Wildman–Crippen LogP) is 4.27. The quantitative estimate of drug-likeness (QED) is 0.331. The number of fused-ring (bicyclic) bond motifs is 2. The minimum absolute atomic E-state index is 0.0100. The molecule has 10 nitrogen and oxygen atoms in total. The first kappa shape index (κ1) is 26.8. The van der Waals surface area contributed by atoms with E-state index < -0.39 is 40.4 Å². The van der Waals surface area contributed by atoms with E-state index in [4.69, 9.17) is 30.0 Å². The van der Waals surface area contributed by atoms with Gasteiger partial charge in [0.2, 0.25) is 0 Å². The van der Waals surface area contributed by atoms with E-state index in [0.717, 1.165) is 11.8 Å². The molecular weight excluding hydrogens is 539 g/mol. The topological polar surface area (TPSA) is 125 Å². The molecule has 202 valence electrons. The minimum Gasteiger partial charge on any atom is -0.377 e. The van der Waals surface area contributed by atoms with Crippen molar-refractivity contribution < 1.29 is 31.2 Å². The molecule has 2 aliphatic rings. The molecule has 38 heavy (non-hydrogen) atoms. The Bertz CT molecular complexity index is 1520. The maximum absolute atomic E-state index is 13.4. The largest absolute Gasteiger partial charge is 0.377 e. The molecule has 2 aliphatic heterocycles. The van der Waals surface area contributed by atoms with E-state index in [1.54, 1.807) is 42.8 Å². The third-order valence-corrected chi connectivity index (χ3v) is 7.34. The molecule has 0 saturated carbocycles. The molecule has 5 atom stereocenters. The van der Waals surface area contributed by atoms with Crippen molar-refractivity contribution in [2.24, 2.45) is 0 Å². The van der Waals surface area contributed by atoms with Crippen molar-refractivity contribution in [2.45, 2.75) is 57.1 Å². The van der Waals surface area contributed by atoms with Crippen molar-refractivity contribution in [3.63, 3.8) is 0 Å². The molecule has 2 aromatic heterocycles. The predicted molar refractivity (Wildman–Crippen MR) is 136 cm³/mol. The first-order chi connectivity index (χ1) is 17.9. The van der Waals surface area contributed by atoms with Crippen LogP contribution in [0.3, 0.4) is 0 Å². The fourth-order valence-corrected chi connectivity index (χ4v) is 5.45. The van der Waals surface area contributed by atoms with Crippen LogP contribution in [-0.4, -0.2) is 54.9 Å². The average Bonchev–Trinajstić information content (AvgIpc) is 3.48. The van der Waals surface area contributed by atoms with Crippen molar-refractivity contribution in [2.75, 3.05) is 18.2 Å². The molecule has 2 fully saturated rings. The first-order valence-corrected chi connectivity index (χ1v) is 14.0. The summed E-state index contributed by atoms with van der Waals surface area (Å²) in [4.78, 5) is 4.48. The fraction of sp³-hybridized carbons (Fsp3) is 0.440. The normalized spacial score (nSPS) is 25.3. The fourth-order valence-electron chi connectivity index (χ4n) is 4.86. The molecule has 0 radical (unpaired) electrons. The van der Waals surface area contributed by atoms with Crippen LogP contribution in [-0.2, 0) is 28.5 Å². The van der Waals surface area contributed by atoms with Crippen LogP contribution in [0.4, 0.5) is 10.1 Å². The number of nitrogens with zero attached hydrogens (tertiary/aromatic N) is 3. The Morgan fingerprint density at radius 1 is 1.26 bits per heavy atom. The smallest absolute Gasteiger partial charge is 0.264 e. The molecule has 5 rings (SSSR count). The Morgan fingerprint density at radius 2 is 1.95 bits per heavy atom. The second-order valence-electron chi connectivity index (χ2n) is 9.76. The number of nitriles is 1. The van der Waals surface area contributed by atoms with E-state index in [1.807, 2.05) is 6.92 Å². The van der Waals surface area contributed by atoms with Gasteiger partial charge in [0.1, 0.15) is 41.4 Å². The SMILES string of the molecule is C[C@H](Nc1c(C#N)c(Cl)nc2c1ccn2[C@@H]1O[C@H](COS(C)(=O)=O)[C@H]2OC(C)(C)O[C@H]21)c1ccc(F)cc1. The number of hydrogen-bond donors (Lipinski definition) is 1. The van der Waals surface area contributed by atoms with E-state index in [9.17, 15) is 18.1 Å². The zero-order chi connectivity index (χ0) is 27.4. The molecule has 0 bridgehead atoms. The molecular formula is C25H26ClFN4O6S. The van der Waals surface area contributed by atoms with Gasteiger partial charge in [-0.05, 0) is 44.5 Å². The zero-order valence-electron chi connectivity index (χ0n) is 21.0. The lowest BCUT2D eigenvalue weighted by Crippen LogP contribution is -2.33. The number of halogens is 2. The maximum Gasteiger partial charge on any atom is 0.264 e. The monoisotopic (exact) mass is 564 g/mol. The summed E-state index contributed by atoms with van der Waals surface area (Å²) in [5.41, 5.74) is 1.86. The maximum atomic E-state index is 13.4. The van der Waals surface area contributed by atoms with Gasteiger partial charge < -0.3 is 24.1 Å². The molecule has 0 unspecified atom stereocenters. The Morgan fingerprint density at radius 3 is 2.61 bits per heavy atom. The van der Waals surface area contributed by atoms with Crippen LogP contribution in [0, 0.1) is 17.1 Å². The Labute approximate surface area is 224 Å². The molecule has 0 amide bonds. The number of hydrogen-bond acceptors (Lipinski definition) is 9. The second kappa shape index (κ2) is 9.75. The molecule has 13 heteroatoms. The van der Waals surface area contributed by atoms with E-state index in [-0.39, 0.29) is 29.2 Å². The Hall–Kier alpha value is -2.79. The lowest BCUT2D eigenvalue weighted by molar-refractivity contribution is -0.198. The molecule has 0 aliphatic carbocycles. The standard InChI is InChI=1S/C25H26ClFN4O6S/c1-13(14-5-7-15(27)8-6-14)29-19-16-9-10-31(23(16)30-22(26)17(19)11-28)24-21-20(36-25(2,3)37-21)18(35-24)12-34-38(4,32)33/h5-10,13,18,20-21,24H,12H2,1-4H3,(H,29,30)/t13-,18+,20+,21+,24+/m0/s1. The number of aromatic nitrogens is 2. The van der Waals surface area contributed by atoms with Crippen molar-refractivity contribution in [1.82, 2.24) is 9.55 Å². The van der Waals surface area contributed by atoms with Gasteiger partial charge in [0, 0.05) is 17.6 Å². The number of anilines is 1. The highest BCUT2D eigenvalue weighted by Crippen LogP contribution is 2.45. The number of ether oxygens (including phenoxy) is 3. The van der Waals surface area contributed by atoms with Crippen molar-refractivity contribution >= 4 is 38.4 Å². The van der Waals surface area contributed by atoms with Crippen LogP contribution in [0.2, 0.25) is 5.15 Å². The summed E-state index contributed by atoms with van der Waals surface area (Å²) in [6, 6.07) is 9.66. The number of pyridine rings is 1. The van der Waals surface area contributed by atoms with E-state index in [1.165, 1.54) is 12.1 Å². The van der Waals surface area contributed by atoms with E-state index in [2.05, 4.69) is 16.4 Å². The number of rotatable bonds is 7. The van der Waals surface area contributed by atoms with Crippen LogP contribution in [0.5, 0.6) is 0 Å². The zero-order valence-corrected chi connectivity index (χ0v) is 22.6. The van der Waals surface area contributed by atoms with Crippen molar-refractivity contribution in [3.8, 4) is 6.07 Å². The van der Waals surface area contributed by atoms with Crippen LogP contribution in [0.25, 0.3) is 11.0 Å². The van der Waals surface area contributed by atoms with Gasteiger partial charge in [-0.3, -0.25) is 4.18 Å². The third-order valence-electron chi connectivity index (χ3n) is 6.51. The molecule has 4 heterocycles. The summed E-state index contributed by atoms with van der Waals surface area (Å²) in [5.74, 6) is -1.28. The first-order valence-electron chi connectivity index (χ1n) is 11.8. The van der Waals surface area contributed by atoms with Crippen molar-refractivity contribution in [1.29, 1.82) is 5.26 Å². The summed E-state index contributed by atoms with van der Waals surface area (Å²) >= 11 is 6.46. The molecule has 3 aromatic rings. The van der Waals surface area contributed by atoms with Gasteiger partial charge in [-0.15, -0.1) is 0 Å². The van der Waals surface area contributed by atoms with Gasteiger partial charge in [0.05, 0.1) is 18.6 Å². The highest BCUT2D eigenvalue weighted by atomic mass is 35.5. The highest BCUT2D eigenvalue weighted by Gasteiger charge is 2.56. The van der Waals surface area contributed by atoms with Crippen molar-refractivity contribution in [3.05, 3.63) is 58.6 Å². The van der Waals surface area contributed by atoms with Gasteiger partial charge in [-0.2, -0.15) is 13.7 Å². The lowest BCUT2D eigenvalue weighted by atomic mass is 10.1. The number of benzene rings is 1. The second-order valence-corrected chi connectivity index (χ2v) is 11.8. The summed E-state index contributed by atoms with van der Waals surface area (Å²) in [5, 5.41) is 13.8. The van der Waals surface area contributed by atoms with Gasteiger partial charge in [0.25, 0.3) is 10.1 Å². The van der Waals surface area contributed by atoms with Gasteiger partial charge in [0.15, 0.2) is 17.2 Å². The minimum atomic E-state index is -3.70. The Balaban J connectivity index is 1.53. The summed E-state index contributed by atoms with van der Waals surface area (Å²) < 4.78 is 61.7. The highest BCUT2D eigenvalue weighted by molar-refractivity contribution is 7.85. The third kappa shape index (κ3) is 5.10. The average molecular weight is 565 g/mol. The van der Waals surface area contributed by atoms with Crippen LogP contribution < -0.4 is 5.32 Å². The van der Waals surface area contributed by atoms with Crippen LogP contribution in [0.1, 0.15) is 44.2 Å². The van der Waals surface area contributed by atoms with Crippen LogP contribution >= 0.6 is 11.6 Å². The molecule has 1 N–H and O–H groups in total. The molecule has 1 aromatic carbocycles. The van der Waals surface area contributed by atoms with E-state index in [0.29, 0.717) is 16.7 Å². The van der Waals surface area contributed by atoms with Gasteiger partial charge >= 0.3 is 0 Å². The van der Waals surface area contributed by atoms with Crippen LogP contribution in [0.15, 0.2) is 36.5 Å². The van der Waals surface area contributed by atoms with Gasteiger partial charge in [-0.25, -0.2) is 9.37 Å². The lowest BCUT2D eigenvalue weighted by Gasteiger charge is -2.25. The summed E-state index contributed by atoms with van der Waals surface area (Å²) in [6.45, 7) is 5.16.